The van der Waals surface area contributed by atoms with E-state index in [0.29, 0.717) is 18.2 Å². The number of amides is 1. The van der Waals surface area contributed by atoms with Gasteiger partial charge < -0.3 is 11.1 Å². The summed E-state index contributed by atoms with van der Waals surface area (Å²) < 4.78 is 3.66. The van der Waals surface area contributed by atoms with E-state index in [1.807, 2.05) is 6.92 Å². The molecule has 0 aromatic carbocycles. The Morgan fingerprint density at radius 1 is 1.75 bits per heavy atom. The topological polar surface area (TPSA) is 80.9 Å². The fourth-order valence-electron chi connectivity index (χ4n) is 1.63. The van der Waals surface area contributed by atoms with Gasteiger partial charge in [-0.1, -0.05) is 4.49 Å². The third kappa shape index (κ3) is 2.69. The molecule has 2 rings (SSSR count). The molecule has 7 heteroatoms. The van der Waals surface area contributed by atoms with E-state index in [1.54, 1.807) is 5.38 Å². The SMILES string of the molecule is CC(CN)(NC(=O)c1csnn1)C1CC1.Cl. The second-order valence-electron chi connectivity index (χ2n) is 4.14. The van der Waals surface area contributed by atoms with Crippen molar-refractivity contribution in [3.63, 3.8) is 0 Å². The summed E-state index contributed by atoms with van der Waals surface area (Å²) in [5.74, 6) is 0.335. The number of carbonyl (C=O) groups excluding carboxylic acids is 1. The van der Waals surface area contributed by atoms with Crippen molar-refractivity contribution < 1.29 is 4.79 Å². The molecule has 0 spiro atoms. The number of halogens is 1. The van der Waals surface area contributed by atoms with Gasteiger partial charge in [0.15, 0.2) is 5.69 Å². The molecule has 0 aliphatic heterocycles. The van der Waals surface area contributed by atoms with Gasteiger partial charge in [0.25, 0.3) is 5.91 Å². The highest BCUT2D eigenvalue weighted by Crippen LogP contribution is 2.39. The predicted octanol–water partition coefficient (Wildman–Crippen LogP) is 0.817. The molecule has 1 aliphatic rings. The van der Waals surface area contributed by atoms with Crippen molar-refractivity contribution in [2.45, 2.75) is 25.3 Å². The lowest BCUT2D eigenvalue weighted by molar-refractivity contribution is 0.0892. The molecule has 90 valence electrons. The second kappa shape index (κ2) is 5.07. The minimum Gasteiger partial charge on any atom is -0.344 e. The van der Waals surface area contributed by atoms with Gasteiger partial charge in [-0.3, -0.25) is 4.79 Å². The fourth-order valence-corrected chi connectivity index (χ4v) is 2.06. The van der Waals surface area contributed by atoms with Crippen LogP contribution in [0, 0.1) is 5.92 Å². The third-order valence-electron chi connectivity index (χ3n) is 2.89. The van der Waals surface area contributed by atoms with E-state index in [-0.39, 0.29) is 23.9 Å². The first kappa shape index (κ1) is 13.3. The van der Waals surface area contributed by atoms with Crippen molar-refractivity contribution in [3.8, 4) is 0 Å². The maximum Gasteiger partial charge on any atom is 0.273 e. The van der Waals surface area contributed by atoms with Gasteiger partial charge in [0.05, 0.1) is 5.54 Å². The largest absolute Gasteiger partial charge is 0.344 e. The van der Waals surface area contributed by atoms with Crippen LogP contribution in [0.2, 0.25) is 0 Å². The van der Waals surface area contributed by atoms with Crippen LogP contribution in [-0.4, -0.2) is 27.6 Å². The average molecular weight is 263 g/mol. The zero-order valence-electron chi connectivity index (χ0n) is 8.97. The zero-order chi connectivity index (χ0) is 10.9. The van der Waals surface area contributed by atoms with E-state index in [2.05, 4.69) is 14.9 Å². The molecule has 0 saturated heterocycles. The number of nitrogens with zero attached hydrogens (tertiary/aromatic N) is 2. The molecule has 5 nitrogen and oxygen atoms in total. The Morgan fingerprint density at radius 2 is 2.44 bits per heavy atom. The van der Waals surface area contributed by atoms with Gasteiger partial charge in [0, 0.05) is 11.9 Å². The number of hydrogen-bond donors (Lipinski definition) is 2. The highest BCUT2D eigenvalue weighted by Gasteiger charge is 2.41. The van der Waals surface area contributed by atoms with Gasteiger partial charge in [-0.2, -0.15) is 0 Å². The van der Waals surface area contributed by atoms with Crippen LogP contribution in [0.1, 0.15) is 30.3 Å². The molecule has 16 heavy (non-hydrogen) atoms. The zero-order valence-corrected chi connectivity index (χ0v) is 10.6. The number of carbonyl (C=O) groups is 1. The molecule has 1 aromatic heterocycles. The summed E-state index contributed by atoms with van der Waals surface area (Å²) in [6.45, 7) is 2.45. The van der Waals surface area contributed by atoms with E-state index in [9.17, 15) is 4.79 Å². The molecule has 0 bridgehead atoms. The summed E-state index contributed by atoms with van der Waals surface area (Å²) in [4.78, 5) is 11.8. The Labute approximate surface area is 104 Å². The Morgan fingerprint density at radius 3 is 2.88 bits per heavy atom. The van der Waals surface area contributed by atoms with Crippen molar-refractivity contribution in [3.05, 3.63) is 11.1 Å². The molecule has 1 aliphatic carbocycles. The summed E-state index contributed by atoms with van der Waals surface area (Å²) in [6.07, 6.45) is 2.28. The lowest BCUT2D eigenvalue weighted by Gasteiger charge is -2.28. The first-order chi connectivity index (χ1) is 7.15. The Hall–Kier alpha value is -0.720. The number of hydrogen-bond acceptors (Lipinski definition) is 5. The second-order valence-corrected chi connectivity index (χ2v) is 4.75. The average Bonchev–Trinajstić information content (AvgIpc) is 2.94. The monoisotopic (exact) mass is 262 g/mol. The molecule has 1 saturated carbocycles. The van der Waals surface area contributed by atoms with Crippen molar-refractivity contribution in [1.29, 1.82) is 0 Å². The van der Waals surface area contributed by atoms with Gasteiger partial charge >= 0.3 is 0 Å². The third-order valence-corrected chi connectivity index (χ3v) is 3.40. The van der Waals surface area contributed by atoms with E-state index in [4.69, 9.17) is 5.73 Å². The Kier molecular flexibility index (Phi) is 4.23. The minimum atomic E-state index is -0.291. The number of aromatic nitrogens is 2. The maximum atomic E-state index is 11.8. The van der Waals surface area contributed by atoms with Crippen LogP contribution in [0.25, 0.3) is 0 Å². The van der Waals surface area contributed by atoms with Gasteiger partial charge in [0.1, 0.15) is 0 Å². The van der Waals surface area contributed by atoms with Crippen LogP contribution in [0.3, 0.4) is 0 Å². The van der Waals surface area contributed by atoms with Crippen molar-refractivity contribution in [2.24, 2.45) is 11.7 Å². The number of rotatable bonds is 4. The van der Waals surface area contributed by atoms with Gasteiger partial charge in [-0.05, 0) is 37.2 Å². The summed E-state index contributed by atoms with van der Waals surface area (Å²) >= 11 is 1.17. The number of nitrogens with one attached hydrogen (secondary N) is 1. The number of nitrogens with two attached hydrogens (primary N) is 1. The molecule has 1 unspecified atom stereocenters. The van der Waals surface area contributed by atoms with E-state index in [0.717, 1.165) is 12.8 Å². The Bertz CT molecular complexity index is 354. The lowest BCUT2D eigenvalue weighted by Crippen LogP contribution is -2.53. The fraction of sp³-hybridized carbons (Fsp3) is 0.667. The summed E-state index contributed by atoms with van der Waals surface area (Å²) in [5.41, 5.74) is 5.79. The molecule has 1 atom stereocenters. The summed E-state index contributed by atoms with van der Waals surface area (Å²) in [5, 5.41) is 8.32. The molecule has 1 amide bonds. The highest BCUT2D eigenvalue weighted by atomic mass is 35.5. The van der Waals surface area contributed by atoms with E-state index in [1.165, 1.54) is 11.5 Å². The molecule has 0 radical (unpaired) electrons. The van der Waals surface area contributed by atoms with Gasteiger partial charge in [0.2, 0.25) is 0 Å². The van der Waals surface area contributed by atoms with Crippen molar-refractivity contribution in [2.75, 3.05) is 6.54 Å². The molecule has 1 aromatic rings. The molecular formula is C9H15ClN4OS. The molecule has 3 N–H and O–H groups in total. The Balaban J connectivity index is 0.00000128. The predicted molar refractivity (Wildman–Crippen MR) is 64.8 cm³/mol. The van der Waals surface area contributed by atoms with Crippen molar-refractivity contribution in [1.82, 2.24) is 14.9 Å². The molecule has 1 heterocycles. The van der Waals surface area contributed by atoms with Crippen LogP contribution < -0.4 is 11.1 Å². The van der Waals surface area contributed by atoms with Crippen LogP contribution in [0.4, 0.5) is 0 Å². The lowest BCUT2D eigenvalue weighted by atomic mass is 9.96. The van der Waals surface area contributed by atoms with Gasteiger partial charge in [-0.25, -0.2) is 0 Å². The normalized spacial score (nSPS) is 18.4. The van der Waals surface area contributed by atoms with E-state index < -0.39 is 0 Å². The highest BCUT2D eigenvalue weighted by molar-refractivity contribution is 7.03. The first-order valence-electron chi connectivity index (χ1n) is 4.95. The van der Waals surface area contributed by atoms with Crippen molar-refractivity contribution >= 4 is 29.8 Å². The quantitative estimate of drug-likeness (QED) is 0.842. The maximum absolute atomic E-state index is 11.8. The van der Waals surface area contributed by atoms with Crippen LogP contribution in [0.5, 0.6) is 0 Å². The minimum absolute atomic E-state index is 0. The van der Waals surface area contributed by atoms with E-state index >= 15 is 0 Å². The smallest absolute Gasteiger partial charge is 0.273 e. The first-order valence-corrected chi connectivity index (χ1v) is 5.79. The summed E-state index contributed by atoms with van der Waals surface area (Å²) in [7, 11) is 0. The van der Waals surface area contributed by atoms with Crippen LogP contribution >= 0.6 is 23.9 Å². The van der Waals surface area contributed by atoms with Gasteiger partial charge in [-0.15, -0.1) is 17.5 Å². The van der Waals surface area contributed by atoms with Crippen LogP contribution in [0.15, 0.2) is 5.38 Å². The molecule has 1 fully saturated rings. The standard InChI is InChI=1S/C9H14N4OS.ClH/c1-9(5-10,6-2-3-6)11-8(14)7-4-15-13-12-7;/h4,6H,2-3,5,10H2,1H3,(H,11,14);1H. The summed E-state index contributed by atoms with van der Waals surface area (Å²) in [6, 6.07) is 0. The van der Waals surface area contributed by atoms with Crippen LogP contribution in [-0.2, 0) is 0 Å². The molecular weight excluding hydrogens is 248 g/mol.